The second kappa shape index (κ2) is 8.70. The molecule has 33 heavy (non-hydrogen) atoms. The van der Waals surface area contributed by atoms with Gasteiger partial charge in [0, 0.05) is 28.7 Å². The molecule has 0 spiro atoms. The number of nitrogens with zero attached hydrogens (tertiary/aromatic N) is 7. The minimum atomic E-state index is -0.716. The third-order valence-corrected chi connectivity index (χ3v) is 4.88. The van der Waals surface area contributed by atoms with Crippen LogP contribution in [0.15, 0.2) is 66.3 Å². The van der Waals surface area contributed by atoms with E-state index >= 15 is 0 Å². The third kappa shape index (κ3) is 4.44. The van der Waals surface area contributed by atoms with Crippen LogP contribution in [0.5, 0.6) is 11.5 Å². The Morgan fingerprint density at radius 1 is 0.970 bits per heavy atom. The van der Waals surface area contributed by atoms with Crippen molar-refractivity contribution in [3.05, 3.63) is 98.4 Å². The highest BCUT2D eigenvalue weighted by molar-refractivity contribution is 5.82. The van der Waals surface area contributed by atoms with E-state index in [1.165, 1.54) is 23.4 Å². The Bertz CT molecular complexity index is 1360. The van der Waals surface area contributed by atoms with Crippen LogP contribution in [0, 0.1) is 34.1 Å². The minimum absolute atomic E-state index is 0.0841. The van der Waals surface area contributed by atoms with E-state index in [-0.39, 0.29) is 11.4 Å². The number of hydrogen-bond donors (Lipinski definition) is 0. The van der Waals surface area contributed by atoms with Crippen LogP contribution in [0.1, 0.15) is 17.0 Å². The molecule has 0 atom stereocenters. The summed E-state index contributed by atoms with van der Waals surface area (Å²) in [5.41, 5.74) is 2.86. The molecule has 2 heterocycles. The van der Waals surface area contributed by atoms with Crippen molar-refractivity contribution >= 4 is 17.6 Å². The van der Waals surface area contributed by atoms with E-state index in [1.807, 2.05) is 36.6 Å². The van der Waals surface area contributed by atoms with Crippen LogP contribution in [0.25, 0.3) is 5.69 Å². The fraction of sp³-hybridized carbons (Fsp3) is 0.0952. The van der Waals surface area contributed by atoms with Gasteiger partial charge in [-0.1, -0.05) is 0 Å². The highest BCUT2D eigenvalue weighted by Gasteiger charge is 2.21. The van der Waals surface area contributed by atoms with Crippen molar-refractivity contribution in [3.8, 4) is 17.2 Å². The smallest absolute Gasteiger partial charge is 0.318 e. The van der Waals surface area contributed by atoms with Gasteiger partial charge in [0.2, 0.25) is 5.75 Å². The van der Waals surface area contributed by atoms with Crippen molar-refractivity contribution in [1.29, 1.82) is 0 Å². The molecule has 2 aromatic heterocycles. The standard InChI is InChI=1S/C21H17N7O5/c1-14-9-16(11-24-25-12-22-23-13-25)15(2)26(14)17-3-6-19(7-4-17)33-21-8-5-18(27(29)30)10-20(21)28(31)32/h3-13H,1-2H3/b24-11-. The number of aromatic nitrogens is 4. The first-order valence-corrected chi connectivity index (χ1v) is 9.62. The maximum absolute atomic E-state index is 11.3. The zero-order chi connectivity index (χ0) is 23.5. The van der Waals surface area contributed by atoms with E-state index in [2.05, 4.69) is 15.3 Å². The molecule has 0 saturated carbocycles. The van der Waals surface area contributed by atoms with E-state index in [9.17, 15) is 20.2 Å². The zero-order valence-electron chi connectivity index (χ0n) is 17.5. The number of nitro groups is 2. The maximum Gasteiger partial charge on any atom is 0.318 e. The van der Waals surface area contributed by atoms with Crippen LogP contribution in [0.2, 0.25) is 0 Å². The van der Waals surface area contributed by atoms with Crippen molar-refractivity contribution in [2.24, 2.45) is 5.10 Å². The number of ether oxygens (including phenoxy) is 1. The van der Waals surface area contributed by atoms with Gasteiger partial charge in [0.15, 0.2) is 0 Å². The molecular weight excluding hydrogens is 430 g/mol. The van der Waals surface area contributed by atoms with E-state index in [1.54, 1.807) is 18.3 Å². The van der Waals surface area contributed by atoms with Crippen LogP contribution in [-0.2, 0) is 0 Å². The molecule has 0 fully saturated rings. The average Bonchev–Trinajstić information content (AvgIpc) is 3.40. The predicted molar refractivity (Wildman–Crippen MR) is 118 cm³/mol. The Morgan fingerprint density at radius 3 is 2.30 bits per heavy atom. The van der Waals surface area contributed by atoms with Gasteiger partial charge in [-0.3, -0.25) is 20.2 Å². The van der Waals surface area contributed by atoms with Crippen LogP contribution in [0.3, 0.4) is 0 Å². The van der Waals surface area contributed by atoms with E-state index in [0.29, 0.717) is 5.75 Å². The SMILES string of the molecule is Cc1cc(/C=N\n2cnnc2)c(C)n1-c1ccc(Oc2ccc([N+](=O)[O-])cc2[N+](=O)[O-])cc1. The van der Waals surface area contributed by atoms with Crippen molar-refractivity contribution in [1.82, 2.24) is 19.4 Å². The second-order valence-electron chi connectivity index (χ2n) is 7.01. The summed E-state index contributed by atoms with van der Waals surface area (Å²) in [6.07, 6.45) is 4.70. The predicted octanol–water partition coefficient (Wildman–Crippen LogP) is 4.18. The molecule has 0 bridgehead atoms. The molecule has 0 N–H and O–H groups in total. The minimum Gasteiger partial charge on any atom is -0.450 e. The van der Waals surface area contributed by atoms with Gasteiger partial charge in [-0.05, 0) is 50.2 Å². The molecule has 0 aliphatic heterocycles. The molecule has 0 aliphatic rings. The summed E-state index contributed by atoms with van der Waals surface area (Å²) < 4.78 is 9.16. The molecule has 0 amide bonds. The monoisotopic (exact) mass is 447 g/mol. The van der Waals surface area contributed by atoms with Crippen molar-refractivity contribution in [3.63, 3.8) is 0 Å². The number of nitro benzene ring substituents is 2. The van der Waals surface area contributed by atoms with Crippen molar-refractivity contribution in [2.45, 2.75) is 13.8 Å². The molecule has 4 aromatic rings. The summed E-state index contributed by atoms with van der Waals surface area (Å²) in [6.45, 7) is 3.93. The fourth-order valence-corrected chi connectivity index (χ4v) is 3.34. The Morgan fingerprint density at radius 2 is 1.67 bits per heavy atom. The van der Waals surface area contributed by atoms with Gasteiger partial charge in [-0.25, -0.2) is 4.68 Å². The summed E-state index contributed by atoms with van der Waals surface area (Å²) >= 11 is 0. The van der Waals surface area contributed by atoms with E-state index in [0.717, 1.165) is 34.8 Å². The summed E-state index contributed by atoms with van der Waals surface area (Å²) in [5, 5.41) is 33.9. The lowest BCUT2D eigenvalue weighted by Crippen LogP contribution is -2.00. The molecule has 0 saturated heterocycles. The summed E-state index contributed by atoms with van der Waals surface area (Å²) in [4.78, 5) is 20.8. The quantitative estimate of drug-likeness (QED) is 0.235. The van der Waals surface area contributed by atoms with Gasteiger partial charge < -0.3 is 9.30 Å². The number of non-ortho nitro benzene ring substituents is 1. The lowest BCUT2D eigenvalue weighted by molar-refractivity contribution is -0.394. The first-order chi connectivity index (χ1) is 15.8. The van der Waals surface area contributed by atoms with E-state index in [4.69, 9.17) is 4.74 Å². The molecule has 12 nitrogen and oxygen atoms in total. The molecular formula is C21H17N7O5. The number of rotatable bonds is 7. The van der Waals surface area contributed by atoms with Gasteiger partial charge in [0.1, 0.15) is 18.4 Å². The van der Waals surface area contributed by atoms with Gasteiger partial charge in [-0.2, -0.15) is 5.10 Å². The Hall–Kier alpha value is -4.87. The topological polar surface area (TPSA) is 144 Å². The van der Waals surface area contributed by atoms with Gasteiger partial charge in [-0.15, -0.1) is 10.2 Å². The second-order valence-corrected chi connectivity index (χ2v) is 7.01. The van der Waals surface area contributed by atoms with Gasteiger partial charge in [0.05, 0.1) is 22.1 Å². The number of benzene rings is 2. The number of aryl methyl sites for hydroxylation is 1. The Labute approximate surface area is 186 Å². The molecule has 12 heteroatoms. The van der Waals surface area contributed by atoms with Crippen LogP contribution in [-0.4, -0.2) is 35.5 Å². The van der Waals surface area contributed by atoms with Crippen molar-refractivity contribution in [2.75, 3.05) is 0 Å². The Kier molecular flexibility index (Phi) is 5.64. The lowest BCUT2D eigenvalue weighted by Gasteiger charge is -2.11. The molecule has 166 valence electrons. The number of hydrogen-bond acceptors (Lipinski definition) is 8. The maximum atomic E-state index is 11.3. The molecule has 0 aliphatic carbocycles. The summed E-state index contributed by atoms with van der Waals surface area (Å²) in [6, 6.07) is 12.2. The lowest BCUT2D eigenvalue weighted by atomic mass is 10.2. The van der Waals surface area contributed by atoms with Crippen molar-refractivity contribution < 1.29 is 14.6 Å². The normalized spacial score (nSPS) is 11.1. The highest BCUT2D eigenvalue weighted by atomic mass is 16.6. The Balaban J connectivity index is 1.59. The highest BCUT2D eigenvalue weighted by Crippen LogP contribution is 2.34. The largest absolute Gasteiger partial charge is 0.450 e. The molecule has 0 radical (unpaired) electrons. The van der Waals surface area contributed by atoms with E-state index < -0.39 is 15.5 Å². The third-order valence-electron chi connectivity index (χ3n) is 4.88. The van der Waals surface area contributed by atoms with Gasteiger partial charge in [0.25, 0.3) is 5.69 Å². The zero-order valence-corrected chi connectivity index (χ0v) is 17.5. The molecule has 0 unspecified atom stereocenters. The average molecular weight is 447 g/mol. The molecule has 4 rings (SSSR count). The summed E-state index contributed by atoms with van der Waals surface area (Å²) in [7, 11) is 0. The molecule has 2 aromatic carbocycles. The summed E-state index contributed by atoms with van der Waals surface area (Å²) in [5.74, 6) is 0.270. The van der Waals surface area contributed by atoms with Crippen LogP contribution < -0.4 is 4.74 Å². The van der Waals surface area contributed by atoms with Gasteiger partial charge >= 0.3 is 5.69 Å². The van der Waals surface area contributed by atoms with Crippen LogP contribution >= 0.6 is 0 Å². The first kappa shape index (κ1) is 21.4. The first-order valence-electron chi connectivity index (χ1n) is 9.62. The fourth-order valence-electron chi connectivity index (χ4n) is 3.34. The van der Waals surface area contributed by atoms with Crippen LogP contribution in [0.4, 0.5) is 11.4 Å².